The van der Waals surface area contributed by atoms with Crippen LogP contribution in [0.5, 0.6) is 0 Å². The Bertz CT molecular complexity index is 463. The predicted molar refractivity (Wildman–Crippen MR) is 76.5 cm³/mol. The van der Waals surface area contributed by atoms with Crippen LogP contribution < -0.4 is 16.0 Å². The normalized spacial score (nSPS) is 9.84. The second-order valence-electron chi connectivity index (χ2n) is 4.18. The van der Waals surface area contributed by atoms with Crippen LogP contribution in [0, 0.1) is 6.92 Å². The summed E-state index contributed by atoms with van der Waals surface area (Å²) in [7, 11) is 0. The van der Waals surface area contributed by atoms with Crippen molar-refractivity contribution in [1.82, 2.24) is 10.6 Å². The van der Waals surface area contributed by atoms with Crippen molar-refractivity contribution in [3.05, 3.63) is 28.8 Å². The van der Waals surface area contributed by atoms with Crippen LogP contribution in [0.1, 0.15) is 18.9 Å². The second kappa shape index (κ2) is 7.63. The smallest absolute Gasteiger partial charge is 0.319 e. The number of benzene rings is 1. The van der Waals surface area contributed by atoms with Gasteiger partial charge in [0.05, 0.1) is 0 Å². The molecule has 1 rings (SSSR count). The molecular weight excluding hydrogens is 266 g/mol. The van der Waals surface area contributed by atoms with Crippen molar-refractivity contribution >= 4 is 29.2 Å². The molecule has 0 saturated carbocycles. The lowest BCUT2D eigenvalue weighted by Gasteiger charge is -2.10. The summed E-state index contributed by atoms with van der Waals surface area (Å²) in [6.07, 6.45) is 0.682. The minimum Gasteiger partial charge on any atom is -0.356 e. The molecule has 5 nitrogen and oxygen atoms in total. The van der Waals surface area contributed by atoms with Crippen LogP contribution in [0.4, 0.5) is 10.5 Å². The minimum absolute atomic E-state index is 0.0704. The average Bonchev–Trinajstić information content (AvgIpc) is 2.33. The number of carbonyl (C=O) groups excluding carboxylic acids is 2. The quantitative estimate of drug-likeness (QED) is 0.726. The van der Waals surface area contributed by atoms with Crippen molar-refractivity contribution in [3.8, 4) is 0 Å². The average molecular weight is 284 g/mol. The number of urea groups is 1. The first kappa shape index (κ1) is 15.3. The number of nitrogens with one attached hydrogen (secondary N) is 3. The van der Waals surface area contributed by atoms with Gasteiger partial charge in [-0.1, -0.05) is 17.7 Å². The molecule has 1 aromatic rings. The fourth-order valence-electron chi connectivity index (χ4n) is 1.45. The van der Waals surface area contributed by atoms with Gasteiger partial charge in [-0.05, 0) is 31.0 Å². The van der Waals surface area contributed by atoms with Crippen LogP contribution in [-0.2, 0) is 4.79 Å². The van der Waals surface area contributed by atoms with Crippen molar-refractivity contribution in [2.24, 2.45) is 0 Å². The first-order chi connectivity index (χ1) is 8.99. The zero-order chi connectivity index (χ0) is 14.3. The molecule has 0 aromatic heterocycles. The zero-order valence-electron chi connectivity index (χ0n) is 11.0. The second-order valence-corrected chi connectivity index (χ2v) is 4.61. The lowest BCUT2D eigenvalue weighted by atomic mass is 10.2. The Morgan fingerprint density at radius 1 is 1.21 bits per heavy atom. The summed E-state index contributed by atoms with van der Waals surface area (Å²) in [5.74, 6) is -0.0704. The van der Waals surface area contributed by atoms with Gasteiger partial charge in [-0.3, -0.25) is 4.79 Å². The highest BCUT2D eigenvalue weighted by atomic mass is 35.5. The van der Waals surface area contributed by atoms with E-state index in [0.717, 1.165) is 5.56 Å². The van der Waals surface area contributed by atoms with Gasteiger partial charge < -0.3 is 16.0 Å². The van der Waals surface area contributed by atoms with E-state index in [9.17, 15) is 9.59 Å². The predicted octanol–water partition coefficient (Wildman–Crippen LogP) is 2.30. The number of hydrogen-bond donors (Lipinski definition) is 3. The molecule has 0 aliphatic rings. The lowest BCUT2D eigenvalue weighted by Crippen LogP contribution is -2.32. The number of hydrogen-bond acceptors (Lipinski definition) is 2. The Morgan fingerprint density at radius 2 is 1.89 bits per heavy atom. The molecule has 0 saturated heterocycles. The summed E-state index contributed by atoms with van der Waals surface area (Å²) in [4.78, 5) is 22.2. The summed E-state index contributed by atoms with van der Waals surface area (Å²) in [5.41, 5.74) is 1.63. The van der Waals surface area contributed by atoms with Gasteiger partial charge in [0.2, 0.25) is 5.91 Å². The van der Waals surface area contributed by atoms with E-state index in [4.69, 9.17) is 11.6 Å². The van der Waals surface area contributed by atoms with Gasteiger partial charge in [0.1, 0.15) is 0 Å². The van der Waals surface area contributed by atoms with Crippen molar-refractivity contribution < 1.29 is 9.59 Å². The number of rotatable bonds is 5. The van der Waals surface area contributed by atoms with Gasteiger partial charge >= 0.3 is 6.03 Å². The van der Waals surface area contributed by atoms with Crippen molar-refractivity contribution in [2.75, 3.05) is 18.4 Å². The monoisotopic (exact) mass is 283 g/mol. The molecule has 0 aliphatic carbocycles. The van der Waals surface area contributed by atoms with Gasteiger partial charge in [-0.2, -0.15) is 0 Å². The van der Waals surface area contributed by atoms with E-state index in [1.54, 1.807) is 12.1 Å². The van der Waals surface area contributed by atoms with Crippen LogP contribution in [0.15, 0.2) is 18.2 Å². The zero-order valence-corrected chi connectivity index (χ0v) is 11.8. The molecule has 3 N–H and O–H groups in total. The van der Waals surface area contributed by atoms with E-state index >= 15 is 0 Å². The van der Waals surface area contributed by atoms with Crippen molar-refractivity contribution in [3.63, 3.8) is 0 Å². The third-order valence-electron chi connectivity index (χ3n) is 2.46. The Balaban J connectivity index is 2.31. The SMILES string of the molecule is CC(=O)NCCCNC(=O)Nc1cc(Cl)ccc1C. The molecule has 0 aliphatic heterocycles. The van der Waals surface area contributed by atoms with E-state index in [2.05, 4.69) is 16.0 Å². The van der Waals surface area contributed by atoms with Crippen LogP contribution in [0.3, 0.4) is 0 Å². The summed E-state index contributed by atoms with van der Waals surface area (Å²) in [6.45, 7) is 4.39. The first-order valence-corrected chi connectivity index (χ1v) is 6.42. The Hall–Kier alpha value is -1.75. The highest BCUT2D eigenvalue weighted by Crippen LogP contribution is 2.19. The van der Waals surface area contributed by atoms with E-state index < -0.39 is 0 Å². The fourth-order valence-corrected chi connectivity index (χ4v) is 1.62. The molecule has 0 unspecified atom stereocenters. The number of carbonyl (C=O) groups is 2. The number of halogens is 1. The topological polar surface area (TPSA) is 70.2 Å². The molecule has 19 heavy (non-hydrogen) atoms. The number of aryl methyl sites for hydroxylation is 1. The lowest BCUT2D eigenvalue weighted by molar-refractivity contribution is -0.118. The molecule has 104 valence electrons. The fraction of sp³-hybridized carbons (Fsp3) is 0.385. The van der Waals surface area contributed by atoms with Gasteiger partial charge in [0.15, 0.2) is 0 Å². The minimum atomic E-state index is -0.284. The van der Waals surface area contributed by atoms with Crippen molar-refractivity contribution in [1.29, 1.82) is 0 Å². The molecular formula is C13H18ClN3O2. The van der Waals surface area contributed by atoms with Crippen LogP contribution in [0.2, 0.25) is 5.02 Å². The third kappa shape index (κ3) is 6.10. The van der Waals surface area contributed by atoms with Gasteiger partial charge in [0.25, 0.3) is 0 Å². The maximum absolute atomic E-state index is 11.6. The van der Waals surface area contributed by atoms with Crippen LogP contribution in [0.25, 0.3) is 0 Å². The van der Waals surface area contributed by atoms with E-state index in [1.165, 1.54) is 6.92 Å². The molecule has 3 amide bonds. The first-order valence-electron chi connectivity index (χ1n) is 6.04. The Labute approximate surface area is 117 Å². The largest absolute Gasteiger partial charge is 0.356 e. The van der Waals surface area contributed by atoms with Crippen LogP contribution in [-0.4, -0.2) is 25.0 Å². The van der Waals surface area contributed by atoms with E-state index in [-0.39, 0.29) is 11.9 Å². The Kier molecular flexibility index (Phi) is 6.15. The summed E-state index contributed by atoms with van der Waals surface area (Å²) < 4.78 is 0. The van der Waals surface area contributed by atoms with E-state index in [1.807, 2.05) is 13.0 Å². The Morgan fingerprint density at radius 3 is 2.58 bits per heavy atom. The standard InChI is InChI=1S/C13H18ClN3O2/c1-9-4-5-11(14)8-12(9)17-13(19)16-7-3-6-15-10(2)18/h4-5,8H,3,6-7H2,1-2H3,(H,15,18)(H2,16,17,19). The molecule has 0 spiro atoms. The molecule has 6 heteroatoms. The third-order valence-corrected chi connectivity index (χ3v) is 2.70. The highest BCUT2D eigenvalue weighted by molar-refractivity contribution is 6.31. The molecule has 0 radical (unpaired) electrons. The molecule has 1 aromatic carbocycles. The number of anilines is 1. The van der Waals surface area contributed by atoms with Gasteiger partial charge in [-0.15, -0.1) is 0 Å². The maximum atomic E-state index is 11.6. The molecule has 0 heterocycles. The summed E-state index contributed by atoms with van der Waals surface area (Å²) in [5, 5.41) is 8.67. The molecule has 0 bridgehead atoms. The molecule has 0 atom stereocenters. The van der Waals surface area contributed by atoms with E-state index in [0.29, 0.717) is 30.2 Å². The summed E-state index contributed by atoms with van der Waals surface area (Å²) >= 11 is 5.86. The summed E-state index contributed by atoms with van der Waals surface area (Å²) in [6, 6.07) is 5.03. The maximum Gasteiger partial charge on any atom is 0.319 e. The number of amides is 3. The van der Waals surface area contributed by atoms with Gasteiger partial charge in [-0.25, -0.2) is 4.79 Å². The highest BCUT2D eigenvalue weighted by Gasteiger charge is 2.04. The van der Waals surface area contributed by atoms with Gasteiger partial charge in [0, 0.05) is 30.7 Å². The van der Waals surface area contributed by atoms with Crippen LogP contribution >= 0.6 is 11.6 Å². The van der Waals surface area contributed by atoms with Crippen molar-refractivity contribution in [2.45, 2.75) is 20.3 Å². The molecule has 0 fully saturated rings.